The van der Waals surface area contributed by atoms with Crippen molar-refractivity contribution in [3.63, 3.8) is 0 Å². The molecule has 1 aliphatic heterocycles. The van der Waals surface area contributed by atoms with Gasteiger partial charge in [-0.15, -0.1) is 0 Å². The van der Waals surface area contributed by atoms with Crippen LogP contribution in [0.5, 0.6) is 0 Å². The summed E-state index contributed by atoms with van der Waals surface area (Å²) in [5.74, 6) is 2.62. The van der Waals surface area contributed by atoms with Crippen molar-refractivity contribution < 1.29 is 4.79 Å². The first-order valence-corrected chi connectivity index (χ1v) is 7.41. The van der Waals surface area contributed by atoms with Gasteiger partial charge in [-0.25, -0.2) is 9.97 Å². The molecule has 0 radical (unpaired) electrons. The minimum absolute atomic E-state index is 0.115. The second-order valence-corrected chi connectivity index (χ2v) is 6.55. The lowest BCUT2D eigenvalue weighted by atomic mass is 9.95. The van der Waals surface area contributed by atoms with Crippen molar-refractivity contribution in [3.8, 4) is 0 Å². The highest BCUT2D eigenvalue weighted by molar-refractivity contribution is 5.77. The van der Waals surface area contributed by atoms with Crippen molar-refractivity contribution in [2.45, 2.75) is 52.0 Å². The van der Waals surface area contributed by atoms with E-state index in [0.29, 0.717) is 13.0 Å². The summed E-state index contributed by atoms with van der Waals surface area (Å²) in [4.78, 5) is 20.5. The maximum absolute atomic E-state index is 11.2. The van der Waals surface area contributed by atoms with Crippen LogP contribution in [0.3, 0.4) is 0 Å². The zero-order chi connectivity index (χ0) is 15.6. The highest BCUT2D eigenvalue weighted by Gasteiger charge is 2.23. The first-order chi connectivity index (χ1) is 9.81. The average Bonchev–Trinajstić information content (AvgIpc) is 2.42. The highest BCUT2D eigenvalue weighted by Crippen LogP contribution is 2.26. The molecule has 1 atom stereocenters. The summed E-state index contributed by atoms with van der Waals surface area (Å²) in [5.41, 5.74) is 0.888. The summed E-state index contributed by atoms with van der Waals surface area (Å²) >= 11 is 0. The zero-order valence-electron chi connectivity index (χ0n) is 13.5. The predicted octanol–water partition coefficient (Wildman–Crippen LogP) is 1.81. The maximum Gasteiger partial charge on any atom is 0.220 e. The Labute approximate surface area is 126 Å². The molecule has 3 N–H and O–H groups in total. The third-order valence-corrected chi connectivity index (χ3v) is 3.66. The summed E-state index contributed by atoms with van der Waals surface area (Å²) < 4.78 is 0. The van der Waals surface area contributed by atoms with E-state index < -0.39 is 0 Å². The number of amides is 1. The van der Waals surface area contributed by atoms with Gasteiger partial charge in [-0.1, -0.05) is 20.8 Å². The van der Waals surface area contributed by atoms with E-state index in [4.69, 9.17) is 4.98 Å². The zero-order valence-corrected chi connectivity index (χ0v) is 13.5. The fraction of sp³-hybridized carbons (Fsp3) is 0.667. The van der Waals surface area contributed by atoms with Gasteiger partial charge >= 0.3 is 0 Å². The fourth-order valence-electron chi connectivity index (χ4n) is 2.29. The van der Waals surface area contributed by atoms with Crippen molar-refractivity contribution in [2.24, 2.45) is 0 Å². The number of nitrogens with zero attached hydrogens (tertiary/aromatic N) is 2. The van der Waals surface area contributed by atoms with Crippen molar-refractivity contribution in [1.29, 1.82) is 0 Å². The number of carbonyl (C=O) groups excluding carboxylic acids is 1. The van der Waals surface area contributed by atoms with Crippen LogP contribution in [0.25, 0.3) is 0 Å². The Hall–Kier alpha value is -1.85. The average molecular weight is 291 g/mol. The third kappa shape index (κ3) is 3.62. The molecule has 1 aromatic rings. The fourth-order valence-corrected chi connectivity index (χ4v) is 2.29. The molecule has 1 amide bonds. The van der Waals surface area contributed by atoms with Crippen LogP contribution in [-0.4, -0.2) is 35.5 Å². The van der Waals surface area contributed by atoms with E-state index in [-0.39, 0.29) is 17.4 Å². The van der Waals surface area contributed by atoms with E-state index in [1.807, 2.05) is 14.0 Å². The quantitative estimate of drug-likeness (QED) is 0.791. The number of hydrogen-bond donors (Lipinski definition) is 3. The van der Waals surface area contributed by atoms with Gasteiger partial charge in [0.25, 0.3) is 0 Å². The van der Waals surface area contributed by atoms with Crippen LogP contribution in [0.4, 0.5) is 11.6 Å². The van der Waals surface area contributed by atoms with Gasteiger partial charge in [-0.3, -0.25) is 4.79 Å². The SMILES string of the molecule is CNc1nc(C(C)(C)C)nc(NC2CCC(=O)NC2)c1C. The molecule has 1 fully saturated rings. The summed E-state index contributed by atoms with van der Waals surface area (Å²) in [6.07, 6.45) is 1.39. The molecule has 116 valence electrons. The summed E-state index contributed by atoms with van der Waals surface area (Å²) in [7, 11) is 1.87. The lowest BCUT2D eigenvalue weighted by Crippen LogP contribution is -2.42. The van der Waals surface area contributed by atoms with E-state index in [1.165, 1.54) is 0 Å². The van der Waals surface area contributed by atoms with Gasteiger partial charge < -0.3 is 16.0 Å². The summed E-state index contributed by atoms with van der Waals surface area (Å²) in [5, 5.41) is 9.47. The largest absolute Gasteiger partial charge is 0.373 e. The van der Waals surface area contributed by atoms with Gasteiger partial charge in [0.05, 0.1) is 0 Å². The molecule has 0 spiro atoms. The lowest BCUT2D eigenvalue weighted by Gasteiger charge is -2.26. The van der Waals surface area contributed by atoms with Crippen LogP contribution >= 0.6 is 0 Å². The summed E-state index contributed by atoms with van der Waals surface area (Å²) in [6, 6.07) is 0.217. The Morgan fingerprint density at radius 1 is 1.24 bits per heavy atom. The third-order valence-electron chi connectivity index (χ3n) is 3.66. The Morgan fingerprint density at radius 3 is 2.43 bits per heavy atom. The molecule has 1 unspecified atom stereocenters. The molecule has 6 heteroatoms. The summed E-state index contributed by atoms with van der Waals surface area (Å²) in [6.45, 7) is 8.94. The standard InChI is InChI=1S/C15H25N5O/c1-9-12(16-5)19-14(15(2,3)4)20-13(9)18-10-6-7-11(21)17-8-10/h10H,6-8H2,1-5H3,(H,17,21)(H2,16,18,19,20). The molecule has 2 rings (SSSR count). The minimum atomic E-state index is -0.115. The molecule has 0 aromatic carbocycles. The second kappa shape index (κ2) is 5.87. The van der Waals surface area contributed by atoms with Crippen LogP contribution in [0.15, 0.2) is 0 Å². The number of rotatable bonds is 3. The Bertz CT molecular complexity index is 526. The Balaban J connectivity index is 2.27. The van der Waals surface area contributed by atoms with E-state index in [9.17, 15) is 4.79 Å². The molecular formula is C15H25N5O. The van der Waals surface area contributed by atoms with Gasteiger partial charge in [-0.2, -0.15) is 0 Å². The molecule has 0 saturated carbocycles. The van der Waals surface area contributed by atoms with E-state index in [0.717, 1.165) is 29.4 Å². The van der Waals surface area contributed by atoms with Gasteiger partial charge in [0.15, 0.2) is 0 Å². The van der Waals surface area contributed by atoms with Gasteiger partial charge in [-0.05, 0) is 13.3 Å². The Kier molecular flexibility index (Phi) is 4.34. The number of hydrogen-bond acceptors (Lipinski definition) is 5. The normalized spacial score (nSPS) is 19.1. The molecule has 0 bridgehead atoms. The van der Waals surface area contributed by atoms with Gasteiger partial charge in [0.2, 0.25) is 5.91 Å². The molecule has 0 aliphatic carbocycles. The van der Waals surface area contributed by atoms with Crippen molar-refractivity contribution in [2.75, 3.05) is 24.2 Å². The van der Waals surface area contributed by atoms with Crippen molar-refractivity contribution in [1.82, 2.24) is 15.3 Å². The molecule has 21 heavy (non-hydrogen) atoms. The van der Waals surface area contributed by atoms with Crippen molar-refractivity contribution >= 4 is 17.5 Å². The highest BCUT2D eigenvalue weighted by atomic mass is 16.1. The number of aromatic nitrogens is 2. The van der Waals surface area contributed by atoms with Gasteiger partial charge in [0, 0.05) is 37.0 Å². The number of nitrogens with one attached hydrogen (secondary N) is 3. The van der Waals surface area contributed by atoms with E-state index >= 15 is 0 Å². The monoisotopic (exact) mass is 291 g/mol. The first-order valence-electron chi connectivity index (χ1n) is 7.41. The van der Waals surface area contributed by atoms with Gasteiger partial charge in [0.1, 0.15) is 17.5 Å². The number of carbonyl (C=O) groups is 1. The minimum Gasteiger partial charge on any atom is -0.373 e. The van der Waals surface area contributed by atoms with Crippen LogP contribution < -0.4 is 16.0 Å². The molecule has 2 heterocycles. The molecule has 6 nitrogen and oxygen atoms in total. The van der Waals surface area contributed by atoms with Crippen LogP contribution in [0.2, 0.25) is 0 Å². The number of piperidine rings is 1. The topological polar surface area (TPSA) is 78.9 Å². The van der Waals surface area contributed by atoms with E-state index in [1.54, 1.807) is 0 Å². The Morgan fingerprint density at radius 2 is 1.90 bits per heavy atom. The smallest absolute Gasteiger partial charge is 0.220 e. The molecule has 1 saturated heterocycles. The molecule has 1 aromatic heterocycles. The molecular weight excluding hydrogens is 266 g/mol. The van der Waals surface area contributed by atoms with E-state index in [2.05, 4.69) is 41.7 Å². The lowest BCUT2D eigenvalue weighted by molar-refractivity contribution is -0.122. The van der Waals surface area contributed by atoms with Crippen LogP contribution in [0.1, 0.15) is 45.0 Å². The first kappa shape index (κ1) is 15.5. The predicted molar refractivity (Wildman–Crippen MR) is 84.7 cm³/mol. The van der Waals surface area contributed by atoms with Crippen LogP contribution in [-0.2, 0) is 10.2 Å². The molecule has 1 aliphatic rings. The second-order valence-electron chi connectivity index (χ2n) is 6.55. The van der Waals surface area contributed by atoms with Crippen molar-refractivity contribution in [3.05, 3.63) is 11.4 Å². The van der Waals surface area contributed by atoms with Crippen LogP contribution in [0, 0.1) is 6.92 Å². The maximum atomic E-state index is 11.2. The number of anilines is 2.